The molecule has 0 bridgehead atoms. The van der Waals surface area contributed by atoms with Crippen LogP contribution < -0.4 is 5.32 Å². The van der Waals surface area contributed by atoms with Crippen LogP contribution in [0.4, 0.5) is 0 Å². The van der Waals surface area contributed by atoms with Crippen LogP contribution in [0.2, 0.25) is 0 Å². The van der Waals surface area contributed by atoms with Crippen LogP contribution in [0.15, 0.2) is 0 Å². The summed E-state index contributed by atoms with van der Waals surface area (Å²) >= 11 is 0. The molecule has 0 aromatic carbocycles. The number of rotatable bonds is 10. The number of nitrogens with one attached hydrogen (secondary N) is 1. The molecule has 0 aliphatic rings. The van der Waals surface area contributed by atoms with E-state index in [9.17, 15) is 8.42 Å². The second-order valence-electron chi connectivity index (χ2n) is 5.12. The second kappa shape index (κ2) is 8.88. The van der Waals surface area contributed by atoms with Crippen molar-refractivity contribution in [3.63, 3.8) is 0 Å². The van der Waals surface area contributed by atoms with Crippen molar-refractivity contribution >= 4 is 10.0 Å². The lowest BCUT2D eigenvalue weighted by molar-refractivity contribution is 0.349. The van der Waals surface area contributed by atoms with Gasteiger partial charge in [-0.15, -0.1) is 0 Å². The van der Waals surface area contributed by atoms with Crippen LogP contribution in [0, 0.1) is 0 Å². The molecule has 0 atom stereocenters. The molecule has 5 heteroatoms. The molecule has 0 fully saturated rings. The third-order valence-electron chi connectivity index (χ3n) is 3.28. The van der Waals surface area contributed by atoms with Crippen molar-refractivity contribution in [2.24, 2.45) is 0 Å². The van der Waals surface area contributed by atoms with Gasteiger partial charge < -0.3 is 5.32 Å². The van der Waals surface area contributed by atoms with E-state index in [1.165, 1.54) is 0 Å². The van der Waals surface area contributed by atoms with E-state index in [-0.39, 0.29) is 11.8 Å². The highest BCUT2D eigenvalue weighted by Crippen LogP contribution is 2.12. The zero-order valence-electron chi connectivity index (χ0n) is 12.6. The molecule has 0 rings (SSSR count). The van der Waals surface area contributed by atoms with Gasteiger partial charge in [-0.2, -0.15) is 0 Å². The van der Waals surface area contributed by atoms with E-state index >= 15 is 0 Å². The van der Waals surface area contributed by atoms with Gasteiger partial charge in [0.2, 0.25) is 10.0 Å². The maximum absolute atomic E-state index is 12.1. The molecule has 4 nitrogen and oxygen atoms in total. The Balaban J connectivity index is 4.07. The standard InChI is InChI=1S/C13H30N2O2S/c1-6-13(7-2)15(5)18(16,17)11-9-8-10-14-12(3)4/h12-14H,6-11H2,1-5H3. The predicted octanol–water partition coefficient (Wildman–Crippen LogP) is 2.21. The van der Waals surface area contributed by atoms with Crippen molar-refractivity contribution in [3.05, 3.63) is 0 Å². The molecule has 0 saturated carbocycles. The van der Waals surface area contributed by atoms with E-state index in [1.54, 1.807) is 11.4 Å². The molecule has 0 aliphatic carbocycles. The number of nitrogens with zero attached hydrogens (tertiary/aromatic N) is 1. The summed E-state index contributed by atoms with van der Waals surface area (Å²) in [7, 11) is -1.37. The Morgan fingerprint density at radius 2 is 1.67 bits per heavy atom. The number of sulfonamides is 1. The Morgan fingerprint density at radius 3 is 2.11 bits per heavy atom. The molecule has 0 radical (unpaired) electrons. The zero-order valence-corrected chi connectivity index (χ0v) is 13.4. The molecule has 0 saturated heterocycles. The quantitative estimate of drug-likeness (QED) is 0.623. The van der Waals surface area contributed by atoms with Gasteiger partial charge in [0, 0.05) is 19.1 Å². The highest BCUT2D eigenvalue weighted by Gasteiger charge is 2.23. The van der Waals surface area contributed by atoms with Crippen molar-refractivity contribution in [1.29, 1.82) is 0 Å². The average molecular weight is 278 g/mol. The third-order valence-corrected chi connectivity index (χ3v) is 5.26. The maximum Gasteiger partial charge on any atom is 0.214 e. The molecule has 0 spiro atoms. The van der Waals surface area contributed by atoms with Crippen LogP contribution in [0.1, 0.15) is 53.4 Å². The summed E-state index contributed by atoms with van der Waals surface area (Å²) in [6.07, 6.45) is 3.39. The van der Waals surface area contributed by atoms with Crippen molar-refractivity contribution in [2.75, 3.05) is 19.3 Å². The summed E-state index contributed by atoms with van der Waals surface area (Å²) in [6, 6.07) is 0.609. The molecular weight excluding hydrogens is 248 g/mol. The van der Waals surface area contributed by atoms with Gasteiger partial charge in [0.1, 0.15) is 0 Å². The van der Waals surface area contributed by atoms with Gasteiger partial charge in [-0.25, -0.2) is 12.7 Å². The molecule has 0 unspecified atom stereocenters. The summed E-state index contributed by atoms with van der Waals surface area (Å²) in [4.78, 5) is 0. The van der Waals surface area contributed by atoms with Gasteiger partial charge in [0.25, 0.3) is 0 Å². The minimum atomic E-state index is -3.08. The van der Waals surface area contributed by atoms with Crippen molar-refractivity contribution in [1.82, 2.24) is 9.62 Å². The molecule has 110 valence electrons. The fourth-order valence-corrected chi connectivity index (χ4v) is 3.58. The lowest BCUT2D eigenvalue weighted by atomic mass is 10.2. The van der Waals surface area contributed by atoms with E-state index in [0.717, 1.165) is 32.2 Å². The monoisotopic (exact) mass is 278 g/mol. The van der Waals surface area contributed by atoms with E-state index in [4.69, 9.17) is 0 Å². The molecule has 0 aromatic rings. The van der Waals surface area contributed by atoms with Crippen LogP contribution >= 0.6 is 0 Å². The Morgan fingerprint density at radius 1 is 1.11 bits per heavy atom. The lowest BCUT2D eigenvalue weighted by Gasteiger charge is -2.25. The molecular formula is C13H30N2O2S. The highest BCUT2D eigenvalue weighted by atomic mass is 32.2. The first-order valence-electron chi connectivity index (χ1n) is 7.04. The van der Waals surface area contributed by atoms with E-state index in [1.807, 2.05) is 13.8 Å². The first-order chi connectivity index (χ1) is 8.35. The maximum atomic E-state index is 12.1. The molecule has 1 N–H and O–H groups in total. The van der Waals surface area contributed by atoms with Crippen LogP contribution in [-0.2, 0) is 10.0 Å². The smallest absolute Gasteiger partial charge is 0.214 e. The largest absolute Gasteiger partial charge is 0.315 e. The number of unbranched alkanes of at least 4 members (excludes halogenated alkanes) is 1. The van der Waals surface area contributed by atoms with Crippen molar-refractivity contribution < 1.29 is 8.42 Å². The van der Waals surface area contributed by atoms with E-state index in [0.29, 0.717) is 6.04 Å². The molecule has 0 aromatic heterocycles. The van der Waals surface area contributed by atoms with Gasteiger partial charge in [-0.3, -0.25) is 0 Å². The molecule has 0 amide bonds. The van der Waals surface area contributed by atoms with Gasteiger partial charge in [-0.1, -0.05) is 27.7 Å². The van der Waals surface area contributed by atoms with E-state index < -0.39 is 10.0 Å². The Hall–Kier alpha value is -0.130. The fourth-order valence-electron chi connectivity index (χ4n) is 1.97. The second-order valence-corrected chi connectivity index (χ2v) is 7.27. The minimum Gasteiger partial charge on any atom is -0.315 e. The summed E-state index contributed by atoms with van der Waals surface area (Å²) in [5, 5.41) is 3.30. The fraction of sp³-hybridized carbons (Fsp3) is 1.00. The first kappa shape index (κ1) is 17.9. The van der Waals surface area contributed by atoms with Crippen LogP contribution in [-0.4, -0.2) is 44.2 Å². The molecule has 18 heavy (non-hydrogen) atoms. The van der Waals surface area contributed by atoms with Crippen LogP contribution in [0.25, 0.3) is 0 Å². The lowest BCUT2D eigenvalue weighted by Crippen LogP contribution is -2.37. The Bertz CT molecular complexity index is 298. The highest BCUT2D eigenvalue weighted by molar-refractivity contribution is 7.89. The van der Waals surface area contributed by atoms with Crippen LogP contribution in [0.3, 0.4) is 0 Å². The van der Waals surface area contributed by atoms with Crippen LogP contribution in [0.5, 0.6) is 0 Å². The minimum absolute atomic E-state index is 0.142. The van der Waals surface area contributed by atoms with Gasteiger partial charge >= 0.3 is 0 Å². The van der Waals surface area contributed by atoms with Crippen molar-refractivity contribution in [3.8, 4) is 0 Å². The summed E-state index contributed by atoms with van der Waals surface area (Å²) in [5.74, 6) is 0.264. The molecule has 0 heterocycles. The third kappa shape index (κ3) is 6.71. The zero-order chi connectivity index (χ0) is 14.2. The summed E-state index contributed by atoms with van der Waals surface area (Å²) < 4.78 is 25.7. The van der Waals surface area contributed by atoms with Gasteiger partial charge in [0.15, 0.2) is 0 Å². The molecule has 0 aliphatic heterocycles. The average Bonchev–Trinajstić information content (AvgIpc) is 2.29. The first-order valence-corrected chi connectivity index (χ1v) is 8.65. The number of hydrogen-bond acceptors (Lipinski definition) is 3. The van der Waals surface area contributed by atoms with Gasteiger partial charge in [-0.05, 0) is 32.2 Å². The van der Waals surface area contributed by atoms with Crippen molar-refractivity contribution in [2.45, 2.75) is 65.5 Å². The van der Waals surface area contributed by atoms with Gasteiger partial charge in [0.05, 0.1) is 5.75 Å². The number of hydrogen-bond donors (Lipinski definition) is 1. The predicted molar refractivity (Wildman–Crippen MR) is 78.3 cm³/mol. The van der Waals surface area contributed by atoms with E-state index in [2.05, 4.69) is 19.2 Å². The summed E-state index contributed by atoms with van der Waals surface area (Å²) in [5.41, 5.74) is 0. The normalized spacial score (nSPS) is 12.9. The Kier molecular flexibility index (Phi) is 8.82. The summed E-state index contributed by atoms with van der Waals surface area (Å²) in [6.45, 7) is 9.15. The SMILES string of the molecule is CCC(CC)N(C)S(=O)(=O)CCCCNC(C)C. The topological polar surface area (TPSA) is 49.4 Å². The Labute approximate surface area is 113 Å².